The zero-order valence-electron chi connectivity index (χ0n) is 23.1. The Morgan fingerprint density at radius 2 is 1.76 bits per heavy atom. The van der Waals surface area contributed by atoms with Gasteiger partial charge in [0.1, 0.15) is 6.04 Å². The highest BCUT2D eigenvalue weighted by Gasteiger charge is 2.33. The van der Waals surface area contributed by atoms with Gasteiger partial charge in [0.15, 0.2) is 11.5 Å². The molecule has 2 aliphatic rings. The Morgan fingerprint density at radius 3 is 2.51 bits per heavy atom. The van der Waals surface area contributed by atoms with Crippen molar-refractivity contribution in [3.8, 4) is 11.5 Å². The molecule has 8 nitrogen and oxygen atoms in total. The third kappa shape index (κ3) is 7.35. The third-order valence-electron chi connectivity index (χ3n) is 7.44. The average Bonchev–Trinajstić information content (AvgIpc) is 3.60. The molecule has 0 spiro atoms. The summed E-state index contributed by atoms with van der Waals surface area (Å²) < 4.78 is 11.1. The highest BCUT2D eigenvalue weighted by molar-refractivity contribution is 7.09. The van der Waals surface area contributed by atoms with Crippen LogP contribution in [0.15, 0.2) is 72.1 Å². The van der Waals surface area contributed by atoms with E-state index in [0.717, 1.165) is 49.0 Å². The van der Waals surface area contributed by atoms with Crippen molar-refractivity contribution < 1.29 is 23.9 Å². The molecule has 9 heteroatoms. The minimum atomic E-state index is -0.938. The van der Waals surface area contributed by atoms with Crippen LogP contribution >= 0.6 is 11.3 Å². The molecule has 214 valence electrons. The Balaban J connectivity index is 1.44. The summed E-state index contributed by atoms with van der Waals surface area (Å²) in [7, 11) is 0. The van der Waals surface area contributed by atoms with Gasteiger partial charge in [-0.25, -0.2) is 0 Å². The maximum absolute atomic E-state index is 14.0. The number of nitrogens with one attached hydrogen (secondary N) is 2. The standard InChI is InChI=1S/C32H35N3O5S/c1-22-9-6-7-13-26(22)34-29(36)16-17-30(37)35(20-25-12-8-18-41-25)31(23-14-15-27-28(19-23)40-21-39-27)32(38)33-24-10-4-2-3-5-11-24/h6-9,12-19,24,31H,2-5,10-11,20-21H2,1H3,(H,33,38)(H,34,36)/b17-16+. The second kappa shape index (κ2) is 13.5. The Kier molecular flexibility index (Phi) is 9.36. The van der Waals surface area contributed by atoms with Crippen molar-refractivity contribution in [1.29, 1.82) is 0 Å². The van der Waals surface area contributed by atoms with Crippen LogP contribution in [0, 0.1) is 6.92 Å². The van der Waals surface area contributed by atoms with Gasteiger partial charge in [-0.2, -0.15) is 0 Å². The van der Waals surface area contributed by atoms with E-state index in [1.165, 1.54) is 28.4 Å². The summed E-state index contributed by atoms with van der Waals surface area (Å²) >= 11 is 1.51. The Morgan fingerprint density at radius 1 is 0.976 bits per heavy atom. The smallest absolute Gasteiger partial charge is 0.248 e. The van der Waals surface area contributed by atoms with Crippen LogP contribution in [0.1, 0.15) is 60.6 Å². The number of nitrogens with zero attached hydrogens (tertiary/aromatic N) is 1. The summed E-state index contributed by atoms with van der Waals surface area (Å²) in [6.07, 6.45) is 8.74. The number of hydrogen-bond acceptors (Lipinski definition) is 6. The lowest BCUT2D eigenvalue weighted by atomic mass is 10.0. The lowest BCUT2D eigenvalue weighted by molar-refractivity contribution is -0.138. The van der Waals surface area contributed by atoms with E-state index in [2.05, 4.69) is 10.6 Å². The van der Waals surface area contributed by atoms with Gasteiger partial charge in [-0.15, -0.1) is 11.3 Å². The summed E-state index contributed by atoms with van der Waals surface area (Å²) in [6, 6.07) is 15.7. The van der Waals surface area contributed by atoms with Crippen LogP contribution in [0.3, 0.4) is 0 Å². The van der Waals surface area contributed by atoms with Crippen LogP contribution in [-0.4, -0.2) is 35.5 Å². The summed E-state index contributed by atoms with van der Waals surface area (Å²) in [6.45, 7) is 2.21. The van der Waals surface area contributed by atoms with Gasteiger partial charge in [-0.1, -0.05) is 56.0 Å². The number of hydrogen-bond donors (Lipinski definition) is 2. The minimum absolute atomic E-state index is 0.0515. The molecule has 2 heterocycles. The highest BCUT2D eigenvalue weighted by Crippen LogP contribution is 2.36. The monoisotopic (exact) mass is 573 g/mol. The second-order valence-electron chi connectivity index (χ2n) is 10.4. The number of fused-ring (bicyclic) bond motifs is 1. The molecule has 1 aliphatic heterocycles. The molecular weight excluding hydrogens is 538 g/mol. The normalized spacial score (nSPS) is 15.7. The van der Waals surface area contributed by atoms with Gasteiger partial charge in [-0.05, 0) is 60.5 Å². The third-order valence-corrected chi connectivity index (χ3v) is 8.30. The topological polar surface area (TPSA) is 97.0 Å². The molecule has 2 N–H and O–H groups in total. The number of aryl methyl sites for hydroxylation is 1. The zero-order chi connectivity index (χ0) is 28.6. The number of carbonyl (C=O) groups excluding carboxylic acids is 3. The van der Waals surface area contributed by atoms with E-state index < -0.39 is 17.9 Å². The van der Waals surface area contributed by atoms with Crippen molar-refractivity contribution in [1.82, 2.24) is 10.2 Å². The van der Waals surface area contributed by atoms with E-state index in [9.17, 15) is 14.4 Å². The molecule has 1 saturated carbocycles. The Hall–Kier alpha value is -4.11. The first-order chi connectivity index (χ1) is 20.0. The van der Waals surface area contributed by atoms with Crippen LogP contribution in [0.2, 0.25) is 0 Å². The number of para-hydroxylation sites is 1. The Labute approximate surface area is 244 Å². The molecular formula is C32H35N3O5S. The number of rotatable bonds is 9. The molecule has 0 radical (unpaired) electrons. The zero-order valence-corrected chi connectivity index (χ0v) is 24.0. The van der Waals surface area contributed by atoms with Gasteiger partial charge in [0.25, 0.3) is 0 Å². The quantitative estimate of drug-likeness (QED) is 0.246. The largest absolute Gasteiger partial charge is 0.454 e. The first-order valence-corrected chi connectivity index (χ1v) is 14.9. The molecule has 0 bridgehead atoms. The molecule has 1 unspecified atom stereocenters. The number of carbonyl (C=O) groups is 3. The van der Waals surface area contributed by atoms with E-state index >= 15 is 0 Å². The number of benzene rings is 2. The van der Waals surface area contributed by atoms with Gasteiger partial charge >= 0.3 is 0 Å². The van der Waals surface area contributed by atoms with Gasteiger partial charge < -0.3 is 25.0 Å². The fourth-order valence-electron chi connectivity index (χ4n) is 5.26. The maximum Gasteiger partial charge on any atom is 0.248 e. The molecule has 2 aromatic carbocycles. The first kappa shape index (κ1) is 28.4. The predicted molar refractivity (Wildman–Crippen MR) is 159 cm³/mol. The fraction of sp³-hybridized carbons (Fsp3) is 0.344. The van der Waals surface area contributed by atoms with E-state index in [4.69, 9.17) is 9.47 Å². The van der Waals surface area contributed by atoms with E-state index in [0.29, 0.717) is 22.7 Å². The molecule has 1 fully saturated rings. The van der Waals surface area contributed by atoms with Crippen LogP contribution in [0.4, 0.5) is 5.69 Å². The van der Waals surface area contributed by atoms with E-state index in [1.807, 2.05) is 42.6 Å². The lowest BCUT2D eigenvalue weighted by Crippen LogP contribution is -2.46. The van der Waals surface area contributed by atoms with Gasteiger partial charge in [0, 0.05) is 28.8 Å². The second-order valence-corrected chi connectivity index (χ2v) is 11.4. The molecule has 3 aromatic rings. The van der Waals surface area contributed by atoms with Crippen molar-refractivity contribution in [2.75, 3.05) is 12.1 Å². The number of amides is 3. The first-order valence-electron chi connectivity index (χ1n) is 14.1. The SMILES string of the molecule is Cc1ccccc1NC(=O)/C=C/C(=O)N(Cc1cccs1)C(C(=O)NC1CCCCCC1)c1ccc2c(c1)OCO2. The number of thiophene rings is 1. The molecule has 1 atom stereocenters. The van der Waals surface area contributed by atoms with Crippen molar-refractivity contribution in [2.45, 2.75) is 64.1 Å². The molecule has 1 aliphatic carbocycles. The highest BCUT2D eigenvalue weighted by atomic mass is 32.1. The predicted octanol–water partition coefficient (Wildman–Crippen LogP) is 5.89. The molecule has 0 saturated heterocycles. The molecule has 1 aromatic heterocycles. The molecule has 41 heavy (non-hydrogen) atoms. The minimum Gasteiger partial charge on any atom is -0.454 e. The number of anilines is 1. The summed E-state index contributed by atoms with van der Waals surface area (Å²) in [5.41, 5.74) is 2.20. The molecule has 5 rings (SSSR count). The van der Waals surface area contributed by atoms with Crippen molar-refractivity contribution >= 4 is 34.7 Å². The van der Waals surface area contributed by atoms with Crippen molar-refractivity contribution in [3.63, 3.8) is 0 Å². The van der Waals surface area contributed by atoms with Crippen LogP contribution < -0.4 is 20.1 Å². The van der Waals surface area contributed by atoms with Gasteiger partial charge in [-0.3, -0.25) is 14.4 Å². The summed E-state index contributed by atoms with van der Waals surface area (Å²) in [4.78, 5) is 43.0. The fourth-order valence-corrected chi connectivity index (χ4v) is 5.96. The number of ether oxygens (including phenoxy) is 2. The maximum atomic E-state index is 14.0. The Bertz CT molecular complexity index is 1400. The lowest BCUT2D eigenvalue weighted by Gasteiger charge is -2.32. The van der Waals surface area contributed by atoms with E-state index in [1.54, 1.807) is 24.3 Å². The van der Waals surface area contributed by atoms with Crippen LogP contribution in [-0.2, 0) is 20.9 Å². The van der Waals surface area contributed by atoms with Crippen molar-refractivity contribution in [2.24, 2.45) is 0 Å². The van der Waals surface area contributed by atoms with Crippen LogP contribution in [0.25, 0.3) is 0 Å². The van der Waals surface area contributed by atoms with Crippen LogP contribution in [0.5, 0.6) is 11.5 Å². The van der Waals surface area contributed by atoms with Gasteiger partial charge in [0.05, 0.1) is 6.54 Å². The average molecular weight is 574 g/mol. The summed E-state index contributed by atoms with van der Waals surface area (Å²) in [5.74, 6) is 0.00809. The van der Waals surface area contributed by atoms with Crippen molar-refractivity contribution in [3.05, 3.63) is 88.1 Å². The summed E-state index contributed by atoms with van der Waals surface area (Å²) in [5, 5.41) is 7.99. The van der Waals surface area contributed by atoms with Gasteiger partial charge in [0.2, 0.25) is 24.5 Å². The molecule has 3 amide bonds. The van der Waals surface area contributed by atoms with E-state index in [-0.39, 0.29) is 25.3 Å².